The second-order valence-corrected chi connectivity index (χ2v) is 6.16. The SMILES string of the molecule is Cn1c(=NC(=O)Cn2nnc3ccccc32)sc2ccccc21. The molecule has 2 aromatic heterocycles. The monoisotopic (exact) mass is 323 g/mol. The predicted molar refractivity (Wildman–Crippen MR) is 88.9 cm³/mol. The molecule has 4 aromatic rings. The van der Waals surface area contributed by atoms with Gasteiger partial charge in [0.2, 0.25) is 0 Å². The van der Waals surface area contributed by atoms with Gasteiger partial charge in [-0.3, -0.25) is 4.79 Å². The number of fused-ring (bicyclic) bond motifs is 2. The Kier molecular flexibility index (Phi) is 3.27. The molecule has 1 amide bonds. The number of para-hydroxylation sites is 2. The van der Waals surface area contributed by atoms with Crippen LogP contribution in [0.5, 0.6) is 0 Å². The summed E-state index contributed by atoms with van der Waals surface area (Å²) in [4.78, 5) is 17.2. The molecule has 0 spiro atoms. The van der Waals surface area contributed by atoms with Crippen LogP contribution >= 0.6 is 11.3 Å². The summed E-state index contributed by atoms with van der Waals surface area (Å²) in [5.41, 5.74) is 2.67. The van der Waals surface area contributed by atoms with E-state index in [1.54, 1.807) is 4.68 Å². The fraction of sp³-hybridized carbons (Fsp3) is 0.125. The number of hydrogen-bond acceptors (Lipinski definition) is 4. The largest absolute Gasteiger partial charge is 0.319 e. The molecule has 2 aromatic carbocycles. The zero-order valence-electron chi connectivity index (χ0n) is 12.4. The molecule has 0 saturated heterocycles. The number of rotatable bonds is 2. The van der Waals surface area contributed by atoms with Gasteiger partial charge >= 0.3 is 0 Å². The molecule has 0 aliphatic heterocycles. The van der Waals surface area contributed by atoms with Crippen LogP contribution in [0.3, 0.4) is 0 Å². The van der Waals surface area contributed by atoms with E-state index in [0.29, 0.717) is 4.80 Å². The summed E-state index contributed by atoms with van der Waals surface area (Å²) >= 11 is 1.50. The second kappa shape index (κ2) is 5.44. The fourth-order valence-electron chi connectivity index (χ4n) is 2.49. The smallest absolute Gasteiger partial charge is 0.270 e. The first-order valence-corrected chi connectivity index (χ1v) is 7.94. The van der Waals surface area contributed by atoms with E-state index in [2.05, 4.69) is 15.3 Å². The second-order valence-electron chi connectivity index (χ2n) is 5.15. The Morgan fingerprint density at radius 1 is 1.13 bits per heavy atom. The van der Waals surface area contributed by atoms with Gasteiger partial charge in [-0.2, -0.15) is 4.99 Å². The van der Waals surface area contributed by atoms with E-state index in [0.717, 1.165) is 21.3 Å². The first-order chi connectivity index (χ1) is 11.2. The van der Waals surface area contributed by atoms with Crippen LogP contribution in [-0.2, 0) is 18.4 Å². The highest BCUT2D eigenvalue weighted by molar-refractivity contribution is 7.16. The highest BCUT2D eigenvalue weighted by atomic mass is 32.1. The number of amides is 1. The summed E-state index contributed by atoms with van der Waals surface area (Å²) in [7, 11) is 1.91. The van der Waals surface area contributed by atoms with Crippen molar-refractivity contribution in [3.8, 4) is 0 Å². The Morgan fingerprint density at radius 2 is 1.87 bits per heavy atom. The average Bonchev–Trinajstić information content (AvgIpc) is 3.10. The Labute approximate surface area is 135 Å². The number of thiazole rings is 1. The molecule has 0 aliphatic rings. The van der Waals surface area contributed by atoms with Crippen LogP contribution < -0.4 is 4.80 Å². The fourth-order valence-corrected chi connectivity index (χ4v) is 3.53. The Bertz CT molecular complexity index is 1090. The summed E-state index contributed by atoms with van der Waals surface area (Å²) in [6.07, 6.45) is 0. The number of aromatic nitrogens is 4. The highest BCUT2D eigenvalue weighted by Gasteiger charge is 2.09. The molecule has 0 fully saturated rings. The van der Waals surface area contributed by atoms with Gasteiger partial charge in [0.25, 0.3) is 5.91 Å². The van der Waals surface area contributed by atoms with Crippen molar-refractivity contribution in [3.05, 3.63) is 53.3 Å². The van der Waals surface area contributed by atoms with Crippen LogP contribution in [0.1, 0.15) is 0 Å². The lowest BCUT2D eigenvalue weighted by molar-refractivity contribution is -0.118. The van der Waals surface area contributed by atoms with E-state index >= 15 is 0 Å². The maximum Gasteiger partial charge on any atom is 0.270 e. The van der Waals surface area contributed by atoms with Gasteiger partial charge in [-0.15, -0.1) is 5.10 Å². The standard InChI is InChI=1S/C16H13N5OS/c1-20-13-8-4-5-9-14(13)23-16(20)17-15(22)10-21-12-7-3-2-6-11(12)18-19-21/h2-9H,10H2,1H3. The molecule has 0 radical (unpaired) electrons. The van der Waals surface area contributed by atoms with Gasteiger partial charge in [0.1, 0.15) is 12.1 Å². The van der Waals surface area contributed by atoms with Crippen LogP contribution in [-0.4, -0.2) is 25.5 Å². The van der Waals surface area contributed by atoms with Crippen LogP contribution in [0.25, 0.3) is 21.3 Å². The first kappa shape index (κ1) is 13.8. The maximum atomic E-state index is 12.3. The molecule has 114 valence electrons. The molecule has 0 unspecified atom stereocenters. The van der Waals surface area contributed by atoms with Gasteiger partial charge in [-0.25, -0.2) is 4.68 Å². The Balaban J connectivity index is 1.70. The Hall–Kier alpha value is -2.80. The van der Waals surface area contributed by atoms with Gasteiger partial charge < -0.3 is 4.57 Å². The van der Waals surface area contributed by atoms with Crippen molar-refractivity contribution in [2.75, 3.05) is 0 Å². The molecule has 7 heteroatoms. The minimum atomic E-state index is -0.247. The Morgan fingerprint density at radius 3 is 2.70 bits per heavy atom. The van der Waals surface area contributed by atoms with E-state index in [4.69, 9.17) is 0 Å². The van der Waals surface area contributed by atoms with E-state index in [9.17, 15) is 4.79 Å². The third-order valence-electron chi connectivity index (χ3n) is 3.64. The van der Waals surface area contributed by atoms with E-state index < -0.39 is 0 Å². The lowest BCUT2D eigenvalue weighted by Gasteiger charge is -1.98. The van der Waals surface area contributed by atoms with Gasteiger partial charge in [-0.1, -0.05) is 40.8 Å². The molecule has 2 heterocycles. The van der Waals surface area contributed by atoms with E-state index in [1.807, 2.05) is 60.1 Å². The van der Waals surface area contributed by atoms with E-state index in [1.165, 1.54) is 11.3 Å². The molecule has 0 N–H and O–H groups in total. The topological polar surface area (TPSA) is 65.1 Å². The summed E-state index contributed by atoms with van der Waals surface area (Å²) in [5, 5.41) is 8.07. The van der Waals surface area contributed by atoms with Crippen molar-refractivity contribution in [2.45, 2.75) is 6.54 Å². The number of carbonyl (C=O) groups is 1. The molecule has 4 rings (SSSR count). The van der Waals surface area contributed by atoms with Gasteiger partial charge in [0, 0.05) is 7.05 Å². The van der Waals surface area contributed by atoms with Crippen molar-refractivity contribution in [2.24, 2.45) is 12.0 Å². The summed E-state index contributed by atoms with van der Waals surface area (Å²) < 4.78 is 4.61. The lowest BCUT2D eigenvalue weighted by Crippen LogP contribution is -2.16. The third kappa shape index (κ3) is 2.44. The van der Waals surface area contributed by atoms with Gasteiger partial charge in [-0.05, 0) is 24.3 Å². The van der Waals surface area contributed by atoms with Crippen molar-refractivity contribution in [1.29, 1.82) is 0 Å². The van der Waals surface area contributed by atoms with Crippen molar-refractivity contribution >= 4 is 38.5 Å². The normalized spacial score (nSPS) is 12.3. The molecule has 0 atom stereocenters. The molecule has 0 saturated carbocycles. The number of hydrogen-bond donors (Lipinski definition) is 0. The van der Waals surface area contributed by atoms with Crippen molar-refractivity contribution in [3.63, 3.8) is 0 Å². The van der Waals surface area contributed by atoms with Crippen LogP contribution in [0.15, 0.2) is 53.5 Å². The molecule has 6 nitrogen and oxygen atoms in total. The lowest BCUT2D eigenvalue weighted by atomic mass is 10.3. The zero-order chi connectivity index (χ0) is 15.8. The maximum absolute atomic E-state index is 12.3. The summed E-state index contributed by atoms with van der Waals surface area (Å²) in [6, 6.07) is 15.5. The molecule has 23 heavy (non-hydrogen) atoms. The quantitative estimate of drug-likeness (QED) is 0.567. The van der Waals surface area contributed by atoms with Crippen LogP contribution in [0, 0.1) is 0 Å². The zero-order valence-corrected chi connectivity index (χ0v) is 13.2. The van der Waals surface area contributed by atoms with E-state index in [-0.39, 0.29) is 12.5 Å². The van der Waals surface area contributed by atoms with Crippen molar-refractivity contribution in [1.82, 2.24) is 19.6 Å². The molecule has 0 aliphatic carbocycles. The van der Waals surface area contributed by atoms with Gasteiger partial charge in [0.15, 0.2) is 4.80 Å². The number of aryl methyl sites for hydroxylation is 1. The predicted octanol–water partition coefficient (Wildman–Crippen LogP) is 2.11. The first-order valence-electron chi connectivity index (χ1n) is 7.13. The summed E-state index contributed by atoms with van der Waals surface area (Å²) in [5.74, 6) is -0.247. The van der Waals surface area contributed by atoms with Crippen LogP contribution in [0.4, 0.5) is 0 Å². The summed E-state index contributed by atoms with van der Waals surface area (Å²) in [6.45, 7) is 0.0781. The molecule has 0 bridgehead atoms. The van der Waals surface area contributed by atoms with Crippen LogP contribution in [0.2, 0.25) is 0 Å². The highest BCUT2D eigenvalue weighted by Crippen LogP contribution is 2.15. The number of benzene rings is 2. The van der Waals surface area contributed by atoms with Gasteiger partial charge in [0.05, 0.1) is 15.7 Å². The van der Waals surface area contributed by atoms with Crippen molar-refractivity contribution < 1.29 is 4.79 Å². The minimum absolute atomic E-state index is 0.0781. The minimum Gasteiger partial charge on any atom is -0.319 e. The molecular formula is C16H13N5OS. The third-order valence-corrected chi connectivity index (χ3v) is 4.75. The number of nitrogens with zero attached hydrogens (tertiary/aromatic N) is 5. The number of carbonyl (C=O) groups excluding carboxylic acids is 1. The average molecular weight is 323 g/mol. The molecular weight excluding hydrogens is 310 g/mol.